The number of carbonyl (C=O) groups excluding carboxylic acids is 1. The van der Waals surface area contributed by atoms with Crippen molar-refractivity contribution >= 4 is 34.3 Å². The number of aromatic nitrogens is 3. The molecular formula is C25H24N6O2. The van der Waals surface area contributed by atoms with Crippen LogP contribution in [0, 0.1) is 0 Å². The molecule has 2 aliphatic heterocycles. The number of nitrogens with one attached hydrogen (secondary N) is 2. The van der Waals surface area contributed by atoms with Crippen LogP contribution in [-0.2, 0) is 16.0 Å². The van der Waals surface area contributed by atoms with E-state index >= 15 is 0 Å². The van der Waals surface area contributed by atoms with Crippen LogP contribution in [0.4, 0.5) is 22.9 Å². The van der Waals surface area contributed by atoms with Gasteiger partial charge < -0.3 is 24.7 Å². The maximum atomic E-state index is 11.9. The molecule has 2 aliphatic rings. The molecule has 1 fully saturated rings. The Morgan fingerprint density at radius 3 is 2.76 bits per heavy atom. The van der Waals surface area contributed by atoms with Crippen molar-refractivity contribution in [3.63, 3.8) is 0 Å². The van der Waals surface area contributed by atoms with E-state index in [9.17, 15) is 4.79 Å². The number of nitrogens with zero attached hydrogens (tertiary/aromatic N) is 4. The zero-order valence-electron chi connectivity index (χ0n) is 18.1. The zero-order chi connectivity index (χ0) is 22.2. The quantitative estimate of drug-likeness (QED) is 0.502. The number of ketones is 1. The number of hydrogen-bond acceptors (Lipinski definition) is 7. The molecule has 0 radical (unpaired) electrons. The zero-order valence-corrected chi connectivity index (χ0v) is 18.1. The van der Waals surface area contributed by atoms with Gasteiger partial charge in [0.05, 0.1) is 25.5 Å². The number of rotatable bonds is 4. The van der Waals surface area contributed by atoms with Crippen molar-refractivity contribution in [2.24, 2.45) is 0 Å². The summed E-state index contributed by atoms with van der Waals surface area (Å²) in [7, 11) is 0. The first kappa shape index (κ1) is 19.8. The standard InChI is InChI=1S/C25H24N6O2/c32-21-14-18-13-17(1-6-22(18)27-15-21)23-16-31-8-7-26-25(31)24(29-23)28-19-2-4-20(5-3-19)30-9-11-33-12-10-30/h1-8,13,16,27H,9-12,14-15H2,(H,28,29). The first-order chi connectivity index (χ1) is 16.2. The fourth-order valence-corrected chi connectivity index (χ4v) is 4.41. The fourth-order valence-electron chi connectivity index (χ4n) is 4.41. The lowest BCUT2D eigenvalue weighted by Crippen LogP contribution is -2.36. The highest BCUT2D eigenvalue weighted by Crippen LogP contribution is 2.29. The molecule has 8 nitrogen and oxygen atoms in total. The highest BCUT2D eigenvalue weighted by Gasteiger charge is 2.17. The van der Waals surface area contributed by atoms with E-state index in [4.69, 9.17) is 9.72 Å². The van der Waals surface area contributed by atoms with Crippen LogP contribution in [-0.4, -0.2) is 53.0 Å². The Morgan fingerprint density at radius 2 is 1.91 bits per heavy atom. The predicted octanol–water partition coefficient (Wildman–Crippen LogP) is 3.51. The highest BCUT2D eigenvalue weighted by molar-refractivity contribution is 5.90. The van der Waals surface area contributed by atoms with E-state index < -0.39 is 0 Å². The van der Waals surface area contributed by atoms with Crippen molar-refractivity contribution in [2.45, 2.75) is 6.42 Å². The Kier molecular flexibility index (Phi) is 4.92. The van der Waals surface area contributed by atoms with Gasteiger partial charge in [0.2, 0.25) is 0 Å². The smallest absolute Gasteiger partial charge is 0.180 e. The van der Waals surface area contributed by atoms with Crippen LogP contribution in [0.2, 0.25) is 0 Å². The molecule has 2 aromatic heterocycles. The van der Waals surface area contributed by atoms with Crippen LogP contribution in [0.25, 0.3) is 16.9 Å². The molecule has 1 saturated heterocycles. The largest absolute Gasteiger partial charge is 0.378 e. The minimum atomic E-state index is 0.195. The topological polar surface area (TPSA) is 83.8 Å². The van der Waals surface area contributed by atoms with Gasteiger partial charge in [0.25, 0.3) is 0 Å². The number of carbonyl (C=O) groups is 1. The maximum Gasteiger partial charge on any atom is 0.180 e. The number of imidazole rings is 1. The number of ether oxygens (including phenoxy) is 1. The summed E-state index contributed by atoms with van der Waals surface area (Å²) in [5.41, 5.74) is 6.69. The number of fused-ring (bicyclic) bond motifs is 2. The normalized spacial score (nSPS) is 15.9. The Balaban J connectivity index is 1.31. The van der Waals surface area contributed by atoms with E-state index in [1.54, 1.807) is 6.20 Å². The molecule has 0 bridgehead atoms. The van der Waals surface area contributed by atoms with E-state index in [2.05, 4.69) is 44.8 Å². The van der Waals surface area contributed by atoms with Gasteiger partial charge in [-0.15, -0.1) is 0 Å². The molecule has 166 valence electrons. The summed E-state index contributed by atoms with van der Waals surface area (Å²) in [6, 6.07) is 14.5. The summed E-state index contributed by atoms with van der Waals surface area (Å²) in [6.45, 7) is 3.74. The molecule has 0 saturated carbocycles. The van der Waals surface area contributed by atoms with Crippen molar-refractivity contribution in [1.82, 2.24) is 14.4 Å². The van der Waals surface area contributed by atoms with Crippen molar-refractivity contribution in [3.8, 4) is 11.3 Å². The summed E-state index contributed by atoms with van der Waals surface area (Å²) >= 11 is 0. The molecule has 8 heteroatoms. The van der Waals surface area contributed by atoms with Crippen molar-refractivity contribution in [3.05, 3.63) is 66.6 Å². The van der Waals surface area contributed by atoms with Crippen LogP contribution in [0.15, 0.2) is 61.1 Å². The predicted molar refractivity (Wildman–Crippen MR) is 128 cm³/mol. The van der Waals surface area contributed by atoms with Gasteiger partial charge in [0, 0.05) is 60.7 Å². The Labute approximate surface area is 191 Å². The molecule has 0 amide bonds. The van der Waals surface area contributed by atoms with Crippen LogP contribution in [0.5, 0.6) is 0 Å². The highest BCUT2D eigenvalue weighted by atomic mass is 16.5. The average molecular weight is 441 g/mol. The van der Waals surface area contributed by atoms with Gasteiger partial charge in [-0.05, 0) is 42.0 Å². The molecule has 0 aliphatic carbocycles. The van der Waals surface area contributed by atoms with E-state index in [1.165, 1.54) is 5.69 Å². The van der Waals surface area contributed by atoms with Gasteiger partial charge in [0.15, 0.2) is 17.2 Å². The molecule has 4 aromatic rings. The molecule has 6 rings (SSSR count). The van der Waals surface area contributed by atoms with E-state index in [1.807, 2.05) is 35.0 Å². The molecule has 0 spiro atoms. The molecule has 0 atom stereocenters. The first-order valence-corrected chi connectivity index (χ1v) is 11.2. The lowest BCUT2D eigenvalue weighted by molar-refractivity contribution is -0.117. The van der Waals surface area contributed by atoms with Gasteiger partial charge in [-0.3, -0.25) is 4.79 Å². The maximum absolute atomic E-state index is 11.9. The summed E-state index contributed by atoms with van der Waals surface area (Å²) in [5, 5.41) is 6.62. The third-order valence-corrected chi connectivity index (χ3v) is 6.14. The number of anilines is 4. The van der Waals surface area contributed by atoms with E-state index in [-0.39, 0.29) is 5.78 Å². The Morgan fingerprint density at radius 1 is 1.06 bits per heavy atom. The summed E-state index contributed by atoms with van der Waals surface area (Å²) in [6.07, 6.45) is 6.10. The van der Waals surface area contributed by atoms with Crippen LogP contribution in [0.1, 0.15) is 5.56 Å². The van der Waals surface area contributed by atoms with Crippen molar-refractivity contribution in [1.29, 1.82) is 0 Å². The van der Waals surface area contributed by atoms with Crippen LogP contribution in [0.3, 0.4) is 0 Å². The van der Waals surface area contributed by atoms with Gasteiger partial charge in [-0.1, -0.05) is 6.07 Å². The molecular weight excluding hydrogens is 416 g/mol. The third kappa shape index (κ3) is 3.89. The number of Topliss-reactive ketones (excluding diaryl/α,β-unsaturated/α-hetero) is 1. The minimum Gasteiger partial charge on any atom is -0.378 e. The number of benzene rings is 2. The molecule has 2 N–H and O–H groups in total. The Hall–Kier alpha value is -3.91. The lowest BCUT2D eigenvalue weighted by atomic mass is 9.99. The van der Waals surface area contributed by atoms with E-state index in [0.717, 1.165) is 60.1 Å². The van der Waals surface area contributed by atoms with Crippen LogP contribution >= 0.6 is 0 Å². The molecule has 4 heterocycles. The van der Waals surface area contributed by atoms with Crippen LogP contribution < -0.4 is 15.5 Å². The molecule has 33 heavy (non-hydrogen) atoms. The second kappa shape index (κ2) is 8.22. The SMILES string of the molecule is O=C1CNc2ccc(-c3cn4ccnc4c(Nc4ccc(N5CCOCC5)cc4)n3)cc2C1. The number of morpholine rings is 1. The second-order valence-electron chi connectivity index (χ2n) is 8.35. The number of hydrogen-bond donors (Lipinski definition) is 2. The summed E-state index contributed by atoms with van der Waals surface area (Å²) in [4.78, 5) is 23.6. The third-order valence-electron chi connectivity index (χ3n) is 6.14. The minimum absolute atomic E-state index is 0.195. The monoisotopic (exact) mass is 440 g/mol. The van der Waals surface area contributed by atoms with Crippen molar-refractivity contribution in [2.75, 3.05) is 48.4 Å². The summed E-state index contributed by atoms with van der Waals surface area (Å²) < 4.78 is 7.42. The summed E-state index contributed by atoms with van der Waals surface area (Å²) in [5.74, 6) is 0.879. The van der Waals surface area contributed by atoms with Gasteiger partial charge in [0.1, 0.15) is 0 Å². The van der Waals surface area contributed by atoms with Crippen molar-refractivity contribution < 1.29 is 9.53 Å². The average Bonchev–Trinajstić information content (AvgIpc) is 3.34. The van der Waals surface area contributed by atoms with E-state index in [0.29, 0.717) is 18.8 Å². The fraction of sp³-hybridized carbons (Fsp3) is 0.240. The molecule has 2 aromatic carbocycles. The lowest BCUT2D eigenvalue weighted by Gasteiger charge is -2.28. The Bertz CT molecular complexity index is 1320. The molecule has 0 unspecified atom stereocenters. The van der Waals surface area contributed by atoms with Gasteiger partial charge >= 0.3 is 0 Å². The first-order valence-electron chi connectivity index (χ1n) is 11.2. The van der Waals surface area contributed by atoms with Gasteiger partial charge in [-0.25, -0.2) is 9.97 Å². The van der Waals surface area contributed by atoms with Gasteiger partial charge in [-0.2, -0.15) is 0 Å². The second-order valence-corrected chi connectivity index (χ2v) is 8.35.